The number of hydrogen-bond donors (Lipinski definition) is 5. The van der Waals surface area contributed by atoms with Crippen LogP contribution in [-0.2, 0) is 11.2 Å². The summed E-state index contributed by atoms with van der Waals surface area (Å²) in [4.78, 5) is 30.6. The quantitative estimate of drug-likeness (QED) is 0.355. The average molecular weight is 498 g/mol. The van der Waals surface area contributed by atoms with Gasteiger partial charge in [-0.3, -0.25) is 9.59 Å². The van der Waals surface area contributed by atoms with Gasteiger partial charge in [-0.25, -0.2) is 0 Å². The van der Waals surface area contributed by atoms with E-state index in [9.17, 15) is 24.9 Å². The molecule has 3 aromatic rings. The second kappa shape index (κ2) is 9.38. The Morgan fingerprint density at radius 3 is 2.47 bits per heavy atom. The summed E-state index contributed by atoms with van der Waals surface area (Å²) < 4.78 is 0.526. The summed E-state index contributed by atoms with van der Waals surface area (Å²) in [6, 6.07) is 9.78. The molecule has 170 valence electrons. The highest BCUT2D eigenvalue weighted by molar-refractivity contribution is 7.22. The summed E-state index contributed by atoms with van der Waals surface area (Å²) in [5, 5.41) is 33.9. The van der Waals surface area contributed by atoms with Gasteiger partial charge in [0.05, 0.1) is 27.6 Å². The van der Waals surface area contributed by atoms with E-state index >= 15 is 0 Å². The normalized spacial score (nSPS) is 20.5. The number of aliphatic hydroxyl groups is 3. The smallest absolute Gasteiger partial charge is 0.269 e. The van der Waals surface area contributed by atoms with Crippen molar-refractivity contribution in [3.8, 4) is 0 Å². The molecule has 0 radical (unpaired) electrons. The Bertz CT molecular complexity index is 1130. The fourth-order valence-electron chi connectivity index (χ4n) is 3.74. The number of rotatable bonds is 6. The Kier molecular flexibility index (Phi) is 6.75. The van der Waals surface area contributed by atoms with E-state index in [0.717, 1.165) is 5.56 Å². The molecule has 1 aliphatic rings. The molecule has 0 spiro atoms. The number of aliphatic hydroxyl groups excluding tert-OH is 3. The molecule has 4 rings (SSSR count). The van der Waals surface area contributed by atoms with Crippen LogP contribution in [0.15, 0.2) is 36.4 Å². The Labute approximate surface area is 197 Å². The third-order valence-corrected chi connectivity index (χ3v) is 7.02. The monoisotopic (exact) mass is 497 g/mol. The lowest BCUT2D eigenvalue weighted by molar-refractivity contribution is -0.141. The highest BCUT2D eigenvalue weighted by Gasteiger charge is 2.38. The van der Waals surface area contributed by atoms with Gasteiger partial charge in [-0.15, -0.1) is 11.3 Å². The zero-order chi connectivity index (χ0) is 23.0. The van der Waals surface area contributed by atoms with E-state index in [4.69, 9.17) is 23.2 Å². The van der Waals surface area contributed by atoms with Crippen LogP contribution in [-0.4, -0.2) is 74.5 Å². The van der Waals surface area contributed by atoms with Crippen LogP contribution in [0.1, 0.15) is 16.1 Å². The van der Waals surface area contributed by atoms with Gasteiger partial charge in [0.1, 0.15) is 10.5 Å². The third-order valence-electron chi connectivity index (χ3n) is 5.44. The lowest BCUT2D eigenvalue weighted by Crippen LogP contribution is -2.52. The van der Waals surface area contributed by atoms with E-state index in [-0.39, 0.29) is 30.2 Å². The van der Waals surface area contributed by atoms with Gasteiger partial charge in [0.2, 0.25) is 0 Å². The minimum Gasteiger partial charge on any atom is -0.388 e. The van der Waals surface area contributed by atoms with Crippen LogP contribution in [0.25, 0.3) is 10.2 Å². The van der Waals surface area contributed by atoms with Crippen molar-refractivity contribution in [1.29, 1.82) is 0 Å². The van der Waals surface area contributed by atoms with Crippen molar-refractivity contribution in [3.05, 3.63) is 57.0 Å². The molecule has 3 heterocycles. The van der Waals surface area contributed by atoms with Crippen LogP contribution in [0.2, 0.25) is 9.36 Å². The number of nitrogens with zero attached hydrogens (tertiary/aromatic N) is 1. The summed E-state index contributed by atoms with van der Waals surface area (Å²) >= 11 is 13.6. The SMILES string of the molecule is O=C(N[C@@H](Cc1ccccc1)[C@@H](O)C(=O)N1C[C@@H](O)[C@@H](O)C1)c1[nH]c2sc(Cl)cc2c1Cl. The van der Waals surface area contributed by atoms with Crippen LogP contribution in [0.4, 0.5) is 0 Å². The molecule has 0 aliphatic carbocycles. The average Bonchev–Trinajstić information content (AvgIpc) is 3.40. The van der Waals surface area contributed by atoms with Gasteiger partial charge in [0.15, 0.2) is 6.10 Å². The number of likely N-dealkylation sites (tertiary alicyclic amines) is 1. The molecule has 0 unspecified atom stereocenters. The van der Waals surface area contributed by atoms with Gasteiger partial charge < -0.3 is 30.5 Å². The van der Waals surface area contributed by atoms with Crippen molar-refractivity contribution in [3.63, 3.8) is 0 Å². The second-order valence-electron chi connectivity index (χ2n) is 7.70. The molecule has 8 nitrogen and oxygen atoms in total. The maximum absolute atomic E-state index is 13.0. The minimum atomic E-state index is -1.60. The number of hydrogen-bond acceptors (Lipinski definition) is 6. The molecule has 1 aromatic carbocycles. The predicted octanol–water partition coefficient (Wildman–Crippen LogP) is 1.80. The molecule has 2 amide bonds. The number of aromatic amines is 1. The van der Waals surface area contributed by atoms with E-state index < -0.39 is 36.2 Å². The molecule has 1 fully saturated rings. The van der Waals surface area contributed by atoms with Crippen LogP contribution < -0.4 is 5.32 Å². The van der Waals surface area contributed by atoms with E-state index in [2.05, 4.69) is 10.3 Å². The Morgan fingerprint density at radius 2 is 1.84 bits per heavy atom. The molecular weight excluding hydrogens is 477 g/mol. The molecular formula is C21H21Cl2N3O5S. The molecule has 4 atom stereocenters. The van der Waals surface area contributed by atoms with Gasteiger partial charge in [0, 0.05) is 18.5 Å². The number of benzene rings is 1. The summed E-state index contributed by atoms with van der Waals surface area (Å²) in [6.45, 7) is -0.189. The second-order valence-corrected chi connectivity index (χ2v) is 9.76. The van der Waals surface area contributed by atoms with Crippen LogP contribution >= 0.6 is 34.5 Å². The first-order valence-corrected chi connectivity index (χ1v) is 11.5. The highest BCUT2D eigenvalue weighted by Crippen LogP contribution is 2.36. The Morgan fingerprint density at radius 1 is 1.19 bits per heavy atom. The lowest BCUT2D eigenvalue weighted by Gasteiger charge is -2.27. The zero-order valence-corrected chi connectivity index (χ0v) is 19.0. The number of β-amino-alcohol motifs (C(OH)–C–C–N with tert-alkyl or cyclic N) is 2. The van der Waals surface area contributed by atoms with Crippen molar-refractivity contribution in [2.75, 3.05) is 13.1 Å². The molecule has 5 N–H and O–H groups in total. The molecule has 32 heavy (non-hydrogen) atoms. The molecule has 0 bridgehead atoms. The standard InChI is InChI=1S/C21H21Cl2N3O5S/c22-15-7-11-16(23)17(25-20(11)32-15)19(30)24-12(6-10-4-2-1-3-5-10)18(29)21(31)26-8-13(27)14(28)9-26/h1-5,7,12-14,18,25,27-29H,6,8-9H2,(H,24,30)/t12-,13-,14+,18+/m0/s1. The summed E-state index contributed by atoms with van der Waals surface area (Å²) in [6.07, 6.45) is -3.57. The lowest BCUT2D eigenvalue weighted by atomic mass is 10.00. The summed E-state index contributed by atoms with van der Waals surface area (Å²) in [5.41, 5.74) is 0.908. The van der Waals surface area contributed by atoms with Crippen molar-refractivity contribution < 1.29 is 24.9 Å². The number of thiophene rings is 1. The van der Waals surface area contributed by atoms with Crippen molar-refractivity contribution in [2.24, 2.45) is 0 Å². The minimum absolute atomic E-state index is 0.0947. The van der Waals surface area contributed by atoms with Gasteiger partial charge in [-0.2, -0.15) is 0 Å². The summed E-state index contributed by atoms with van der Waals surface area (Å²) in [5.74, 6) is -1.27. The van der Waals surface area contributed by atoms with Crippen molar-refractivity contribution in [2.45, 2.75) is 30.8 Å². The number of H-pyrrole nitrogens is 1. The number of carbonyl (C=O) groups is 2. The topological polar surface area (TPSA) is 126 Å². The maximum Gasteiger partial charge on any atom is 0.269 e. The number of halogens is 2. The van der Waals surface area contributed by atoms with E-state index in [0.29, 0.717) is 14.6 Å². The Balaban J connectivity index is 1.57. The largest absolute Gasteiger partial charge is 0.388 e. The fraction of sp³-hybridized carbons (Fsp3) is 0.333. The van der Waals surface area contributed by atoms with Crippen LogP contribution in [0.5, 0.6) is 0 Å². The molecule has 11 heteroatoms. The zero-order valence-electron chi connectivity index (χ0n) is 16.7. The van der Waals surface area contributed by atoms with E-state index in [1.165, 1.54) is 16.2 Å². The van der Waals surface area contributed by atoms with Crippen LogP contribution in [0.3, 0.4) is 0 Å². The fourth-order valence-corrected chi connectivity index (χ4v) is 5.21. The van der Waals surface area contributed by atoms with E-state index in [1.54, 1.807) is 6.07 Å². The summed E-state index contributed by atoms with van der Waals surface area (Å²) in [7, 11) is 0. The number of amides is 2. The molecule has 0 saturated carbocycles. The van der Waals surface area contributed by atoms with Gasteiger partial charge >= 0.3 is 0 Å². The first-order chi connectivity index (χ1) is 15.2. The number of nitrogens with one attached hydrogen (secondary N) is 2. The van der Waals surface area contributed by atoms with Crippen molar-refractivity contribution in [1.82, 2.24) is 15.2 Å². The van der Waals surface area contributed by atoms with Crippen LogP contribution in [0, 0.1) is 0 Å². The maximum atomic E-state index is 13.0. The highest BCUT2D eigenvalue weighted by atomic mass is 35.5. The van der Waals surface area contributed by atoms with Gasteiger partial charge in [0.25, 0.3) is 11.8 Å². The Hall–Kier alpha value is -2.14. The molecule has 1 aliphatic heterocycles. The number of carbonyl (C=O) groups excluding carboxylic acids is 2. The van der Waals surface area contributed by atoms with Crippen molar-refractivity contribution >= 4 is 56.6 Å². The molecule has 2 aromatic heterocycles. The predicted molar refractivity (Wildman–Crippen MR) is 122 cm³/mol. The molecule has 1 saturated heterocycles. The first kappa shape index (κ1) is 23.0. The van der Waals surface area contributed by atoms with Gasteiger partial charge in [-0.05, 0) is 18.1 Å². The van der Waals surface area contributed by atoms with Gasteiger partial charge in [-0.1, -0.05) is 53.5 Å². The number of aromatic nitrogens is 1. The first-order valence-electron chi connectivity index (χ1n) is 9.89. The van der Waals surface area contributed by atoms with E-state index in [1.807, 2.05) is 30.3 Å². The third kappa shape index (κ3) is 4.63. The number of fused-ring (bicyclic) bond motifs is 1.